The molecule has 100 valence electrons. The lowest BCUT2D eigenvalue weighted by atomic mass is 10.0. The molecule has 1 heterocycles. The number of rotatable bonds is 1. The van der Waals surface area contributed by atoms with Gasteiger partial charge in [-0.15, -0.1) is 0 Å². The highest BCUT2D eigenvalue weighted by Gasteiger charge is 2.57. The van der Waals surface area contributed by atoms with Crippen LogP contribution in [0.25, 0.3) is 0 Å². The summed E-state index contributed by atoms with van der Waals surface area (Å²) in [6, 6.07) is -0.452. The number of carbonyl (C=O) groups is 1. The van der Waals surface area contributed by atoms with Gasteiger partial charge in [-0.25, -0.2) is 0 Å². The SMILES string of the molecule is C[C@@H]1CN(C(=O)[C@@](C)(O)C(F)(F)F)[C@@H](C)CN1. The third kappa shape index (κ3) is 2.71. The molecule has 0 aliphatic carbocycles. The van der Waals surface area contributed by atoms with Gasteiger partial charge >= 0.3 is 6.18 Å². The second kappa shape index (κ2) is 4.45. The highest BCUT2D eigenvalue weighted by atomic mass is 19.4. The van der Waals surface area contributed by atoms with Crippen molar-refractivity contribution in [1.82, 2.24) is 10.2 Å². The van der Waals surface area contributed by atoms with E-state index < -0.39 is 17.7 Å². The van der Waals surface area contributed by atoms with Crippen molar-refractivity contribution in [1.29, 1.82) is 0 Å². The standard InChI is InChI=1S/C10H17F3N2O2/c1-6-5-15(7(2)4-14-6)8(16)9(3,17)10(11,12)13/h6-7,14,17H,4-5H2,1-3H3/t6-,7+,9-/m1/s1. The molecular formula is C10H17F3N2O2. The number of piperazine rings is 1. The molecule has 1 saturated heterocycles. The van der Waals surface area contributed by atoms with E-state index in [0.717, 1.165) is 4.90 Å². The Hall–Kier alpha value is -0.820. The first-order valence-corrected chi connectivity index (χ1v) is 5.41. The smallest absolute Gasteiger partial charge is 0.373 e. The van der Waals surface area contributed by atoms with Crippen LogP contribution in [-0.4, -0.2) is 52.9 Å². The van der Waals surface area contributed by atoms with Gasteiger partial charge in [0, 0.05) is 25.2 Å². The number of hydrogen-bond donors (Lipinski definition) is 2. The lowest BCUT2D eigenvalue weighted by molar-refractivity contribution is -0.251. The average molecular weight is 254 g/mol. The van der Waals surface area contributed by atoms with Gasteiger partial charge in [0.2, 0.25) is 5.60 Å². The average Bonchev–Trinajstić information content (AvgIpc) is 2.19. The van der Waals surface area contributed by atoms with Crippen molar-refractivity contribution in [2.75, 3.05) is 13.1 Å². The van der Waals surface area contributed by atoms with Gasteiger partial charge in [-0.3, -0.25) is 4.79 Å². The van der Waals surface area contributed by atoms with E-state index in [0.29, 0.717) is 13.5 Å². The van der Waals surface area contributed by atoms with Gasteiger partial charge in [0.05, 0.1) is 0 Å². The van der Waals surface area contributed by atoms with E-state index in [1.54, 1.807) is 13.8 Å². The van der Waals surface area contributed by atoms with Crippen LogP contribution in [0, 0.1) is 0 Å². The molecule has 17 heavy (non-hydrogen) atoms. The summed E-state index contributed by atoms with van der Waals surface area (Å²) in [5, 5.41) is 12.4. The van der Waals surface area contributed by atoms with Crippen LogP contribution in [0.4, 0.5) is 13.2 Å². The third-order valence-electron chi connectivity index (χ3n) is 2.99. The highest BCUT2D eigenvalue weighted by molar-refractivity contribution is 5.86. The quantitative estimate of drug-likeness (QED) is 0.717. The zero-order valence-electron chi connectivity index (χ0n) is 10.0. The Morgan fingerprint density at radius 2 is 1.94 bits per heavy atom. The fraction of sp³-hybridized carbons (Fsp3) is 0.900. The first kappa shape index (κ1) is 14.2. The number of alkyl halides is 3. The van der Waals surface area contributed by atoms with Gasteiger partial charge in [-0.2, -0.15) is 13.2 Å². The summed E-state index contributed by atoms with van der Waals surface area (Å²) in [7, 11) is 0. The van der Waals surface area contributed by atoms with Gasteiger partial charge in [0.25, 0.3) is 5.91 Å². The molecule has 0 aromatic heterocycles. The maximum Gasteiger partial charge on any atom is 0.426 e. The van der Waals surface area contributed by atoms with E-state index in [-0.39, 0.29) is 18.6 Å². The maximum absolute atomic E-state index is 12.5. The maximum atomic E-state index is 12.5. The summed E-state index contributed by atoms with van der Waals surface area (Å²) in [4.78, 5) is 12.8. The molecule has 7 heteroatoms. The third-order valence-corrected chi connectivity index (χ3v) is 2.99. The normalized spacial score (nSPS) is 29.9. The summed E-state index contributed by atoms with van der Waals surface area (Å²) >= 11 is 0. The Labute approximate surface area is 97.8 Å². The first-order valence-electron chi connectivity index (χ1n) is 5.41. The fourth-order valence-electron chi connectivity index (χ4n) is 1.71. The molecule has 0 spiro atoms. The predicted octanol–water partition coefficient (Wildman–Crippen LogP) is 0.509. The number of amides is 1. The monoisotopic (exact) mass is 254 g/mol. The Morgan fingerprint density at radius 3 is 2.41 bits per heavy atom. The van der Waals surface area contributed by atoms with Crippen LogP contribution in [0.2, 0.25) is 0 Å². The molecule has 0 aromatic carbocycles. The summed E-state index contributed by atoms with van der Waals surface area (Å²) < 4.78 is 37.6. The predicted molar refractivity (Wildman–Crippen MR) is 55.3 cm³/mol. The lowest BCUT2D eigenvalue weighted by Gasteiger charge is -2.41. The zero-order chi connectivity index (χ0) is 13.4. The molecule has 4 nitrogen and oxygen atoms in total. The molecule has 1 fully saturated rings. The van der Waals surface area contributed by atoms with Gasteiger partial charge in [0.15, 0.2) is 0 Å². The minimum absolute atomic E-state index is 0.0841. The van der Waals surface area contributed by atoms with E-state index in [9.17, 15) is 23.1 Å². The Kier molecular flexibility index (Phi) is 3.73. The van der Waals surface area contributed by atoms with Crippen LogP contribution in [0.1, 0.15) is 20.8 Å². The van der Waals surface area contributed by atoms with E-state index in [1.165, 1.54) is 0 Å². The van der Waals surface area contributed by atoms with E-state index in [1.807, 2.05) is 0 Å². The topological polar surface area (TPSA) is 52.6 Å². The largest absolute Gasteiger partial charge is 0.426 e. The van der Waals surface area contributed by atoms with E-state index >= 15 is 0 Å². The minimum atomic E-state index is -4.96. The van der Waals surface area contributed by atoms with Gasteiger partial charge in [-0.1, -0.05) is 0 Å². The molecule has 1 rings (SSSR count). The van der Waals surface area contributed by atoms with E-state index in [2.05, 4.69) is 5.32 Å². The van der Waals surface area contributed by atoms with Gasteiger partial charge in [0.1, 0.15) is 0 Å². The second-order valence-corrected chi connectivity index (χ2v) is 4.69. The van der Waals surface area contributed by atoms with Gasteiger partial charge < -0.3 is 15.3 Å². The number of nitrogens with one attached hydrogen (secondary N) is 1. The summed E-state index contributed by atoms with van der Waals surface area (Å²) in [6.45, 7) is 4.49. The van der Waals surface area contributed by atoms with Crippen LogP contribution >= 0.6 is 0 Å². The van der Waals surface area contributed by atoms with Crippen LogP contribution in [0.15, 0.2) is 0 Å². The van der Waals surface area contributed by atoms with Crippen molar-refractivity contribution in [2.45, 2.75) is 44.6 Å². The number of nitrogens with zero attached hydrogens (tertiary/aromatic N) is 1. The van der Waals surface area contributed by atoms with Crippen molar-refractivity contribution in [3.8, 4) is 0 Å². The van der Waals surface area contributed by atoms with Crippen LogP contribution < -0.4 is 5.32 Å². The molecule has 1 aliphatic rings. The minimum Gasteiger partial charge on any atom is -0.373 e. The van der Waals surface area contributed by atoms with E-state index in [4.69, 9.17) is 0 Å². The number of hydrogen-bond acceptors (Lipinski definition) is 3. The second-order valence-electron chi connectivity index (χ2n) is 4.69. The Bertz CT molecular complexity index is 304. The summed E-state index contributed by atoms with van der Waals surface area (Å²) in [5.41, 5.74) is -3.32. The van der Waals surface area contributed by atoms with Crippen LogP contribution in [0.3, 0.4) is 0 Å². The van der Waals surface area contributed by atoms with Crippen LogP contribution in [-0.2, 0) is 4.79 Å². The zero-order valence-corrected chi connectivity index (χ0v) is 10.0. The number of carbonyl (C=O) groups excluding carboxylic acids is 1. The van der Waals surface area contributed by atoms with Crippen molar-refractivity contribution in [2.24, 2.45) is 0 Å². The molecule has 1 amide bonds. The van der Waals surface area contributed by atoms with Crippen molar-refractivity contribution < 1.29 is 23.1 Å². The Morgan fingerprint density at radius 1 is 1.41 bits per heavy atom. The molecule has 0 saturated carbocycles. The fourth-order valence-corrected chi connectivity index (χ4v) is 1.71. The molecule has 0 bridgehead atoms. The first-order chi connectivity index (χ1) is 7.57. The lowest BCUT2D eigenvalue weighted by Crippen LogP contribution is -2.63. The number of halogens is 3. The summed E-state index contributed by atoms with van der Waals surface area (Å²) in [6.07, 6.45) is -4.96. The number of aliphatic hydroxyl groups is 1. The molecule has 0 unspecified atom stereocenters. The van der Waals surface area contributed by atoms with Gasteiger partial charge in [-0.05, 0) is 20.8 Å². The van der Waals surface area contributed by atoms with Crippen molar-refractivity contribution in [3.63, 3.8) is 0 Å². The molecule has 0 radical (unpaired) electrons. The molecule has 0 aromatic rings. The van der Waals surface area contributed by atoms with Crippen molar-refractivity contribution >= 4 is 5.91 Å². The Balaban J connectivity index is 2.88. The molecular weight excluding hydrogens is 237 g/mol. The molecule has 1 aliphatic heterocycles. The molecule has 2 N–H and O–H groups in total. The van der Waals surface area contributed by atoms with Crippen molar-refractivity contribution in [3.05, 3.63) is 0 Å². The molecule has 3 atom stereocenters. The van der Waals surface area contributed by atoms with Crippen LogP contribution in [0.5, 0.6) is 0 Å². The summed E-state index contributed by atoms with van der Waals surface area (Å²) in [5.74, 6) is -1.29. The highest BCUT2D eigenvalue weighted by Crippen LogP contribution is 2.32.